The van der Waals surface area contributed by atoms with Crippen LogP contribution in [-0.2, 0) is 14.6 Å². The SMILES string of the molecule is O=C(CCS(=O)(=O)C1CCCC1)Nc1cccc(Oc2ccncc2)c1. The molecule has 6 nitrogen and oxygen atoms in total. The second kappa shape index (κ2) is 8.31. The molecule has 0 aliphatic heterocycles. The Balaban J connectivity index is 1.55. The van der Waals surface area contributed by atoms with Gasteiger partial charge in [-0.3, -0.25) is 9.78 Å². The van der Waals surface area contributed by atoms with E-state index in [9.17, 15) is 13.2 Å². The summed E-state index contributed by atoms with van der Waals surface area (Å²) in [4.78, 5) is 16.0. The van der Waals surface area contributed by atoms with Gasteiger partial charge in [-0.1, -0.05) is 18.9 Å². The van der Waals surface area contributed by atoms with E-state index in [0.717, 1.165) is 25.7 Å². The fourth-order valence-electron chi connectivity index (χ4n) is 3.05. The number of rotatable bonds is 7. The monoisotopic (exact) mass is 374 g/mol. The maximum atomic E-state index is 12.2. The molecule has 2 aromatic rings. The molecule has 7 heteroatoms. The number of nitrogens with one attached hydrogen (secondary N) is 1. The summed E-state index contributed by atoms with van der Waals surface area (Å²) in [5.41, 5.74) is 0.569. The summed E-state index contributed by atoms with van der Waals surface area (Å²) < 4.78 is 30.2. The molecule has 1 aliphatic carbocycles. The molecule has 1 N–H and O–H groups in total. The number of ether oxygens (including phenoxy) is 1. The lowest BCUT2D eigenvalue weighted by atomic mass is 10.3. The molecule has 1 aromatic heterocycles. The number of amides is 1. The Hall–Kier alpha value is -2.41. The first-order chi connectivity index (χ1) is 12.5. The van der Waals surface area contributed by atoms with Gasteiger partial charge in [-0.2, -0.15) is 0 Å². The summed E-state index contributed by atoms with van der Waals surface area (Å²) >= 11 is 0. The number of aromatic nitrogens is 1. The zero-order chi connectivity index (χ0) is 18.4. The average Bonchev–Trinajstić information content (AvgIpc) is 3.17. The number of pyridine rings is 1. The first kappa shape index (κ1) is 18.4. The second-order valence-electron chi connectivity index (χ2n) is 6.38. The maximum Gasteiger partial charge on any atom is 0.225 e. The fourth-order valence-corrected chi connectivity index (χ4v) is 4.91. The average molecular weight is 374 g/mol. The normalized spacial score (nSPS) is 14.9. The molecule has 0 saturated heterocycles. The Morgan fingerprint density at radius 3 is 2.58 bits per heavy atom. The first-order valence-corrected chi connectivity index (χ1v) is 10.4. The Morgan fingerprint density at radius 2 is 1.85 bits per heavy atom. The van der Waals surface area contributed by atoms with Crippen LogP contribution in [0.15, 0.2) is 48.8 Å². The summed E-state index contributed by atoms with van der Waals surface area (Å²) in [5, 5.41) is 2.46. The van der Waals surface area contributed by atoms with Gasteiger partial charge < -0.3 is 10.1 Å². The summed E-state index contributed by atoms with van der Waals surface area (Å²) in [7, 11) is -3.19. The lowest BCUT2D eigenvalue weighted by molar-refractivity contribution is -0.115. The number of hydrogen-bond acceptors (Lipinski definition) is 5. The van der Waals surface area contributed by atoms with Crippen LogP contribution in [0.3, 0.4) is 0 Å². The number of sulfone groups is 1. The Morgan fingerprint density at radius 1 is 1.12 bits per heavy atom. The molecular formula is C19H22N2O4S. The van der Waals surface area contributed by atoms with Crippen molar-refractivity contribution in [3.05, 3.63) is 48.8 Å². The van der Waals surface area contributed by atoms with Gasteiger partial charge in [0.15, 0.2) is 9.84 Å². The number of hydrogen-bond donors (Lipinski definition) is 1. The molecule has 1 aromatic carbocycles. The van der Waals surface area contributed by atoms with Crippen molar-refractivity contribution in [1.29, 1.82) is 0 Å². The van der Waals surface area contributed by atoms with Crippen LogP contribution in [-0.4, -0.2) is 30.3 Å². The molecule has 1 aliphatic rings. The molecule has 0 atom stereocenters. The van der Waals surface area contributed by atoms with Crippen LogP contribution in [0.4, 0.5) is 5.69 Å². The van der Waals surface area contributed by atoms with Crippen molar-refractivity contribution < 1.29 is 17.9 Å². The number of nitrogens with zero attached hydrogens (tertiary/aromatic N) is 1. The summed E-state index contributed by atoms with van der Waals surface area (Å²) in [5.74, 6) is 0.808. The zero-order valence-electron chi connectivity index (χ0n) is 14.4. The molecular weight excluding hydrogens is 352 g/mol. The largest absolute Gasteiger partial charge is 0.457 e. The standard InChI is InChI=1S/C19H22N2O4S/c22-19(10-13-26(23,24)18-6-1-2-7-18)21-15-4-3-5-17(14-15)25-16-8-11-20-12-9-16/h3-5,8-9,11-12,14,18H,1-2,6-7,10,13H2,(H,21,22). The molecule has 0 radical (unpaired) electrons. The molecule has 1 fully saturated rings. The van der Waals surface area contributed by atoms with E-state index in [0.29, 0.717) is 17.2 Å². The number of anilines is 1. The van der Waals surface area contributed by atoms with E-state index >= 15 is 0 Å². The van der Waals surface area contributed by atoms with Crippen molar-refractivity contribution in [2.75, 3.05) is 11.1 Å². The van der Waals surface area contributed by atoms with Crippen LogP contribution in [0.5, 0.6) is 11.5 Å². The number of carbonyl (C=O) groups excluding carboxylic acids is 1. The molecule has 1 heterocycles. The fraction of sp³-hybridized carbons (Fsp3) is 0.368. The van der Waals surface area contributed by atoms with E-state index in [2.05, 4.69) is 10.3 Å². The van der Waals surface area contributed by atoms with Gasteiger partial charge in [0.2, 0.25) is 5.91 Å². The Bertz CT molecular complexity index is 847. The smallest absolute Gasteiger partial charge is 0.225 e. The molecule has 26 heavy (non-hydrogen) atoms. The third-order valence-corrected chi connectivity index (χ3v) is 6.69. The maximum absolute atomic E-state index is 12.2. The molecule has 0 bridgehead atoms. The van der Waals surface area contributed by atoms with Crippen LogP contribution in [0.1, 0.15) is 32.1 Å². The zero-order valence-corrected chi connectivity index (χ0v) is 15.2. The lowest BCUT2D eigenvalue weighted by Crippen LogP contribution is -2.24. The van der Waals surface area contributed by atoms with E-state index in [1.807, 2.05) is 0 Å². The summed E-state index contributed by atoms with van der Waals surface area (Å²) in [6, 6.07) is 10.5. The van der Waals surface area contributed by atoms with Crippen LogP contribution >= 0.6 is 0 Å². The molecule has 3 rings (SSSR count). The van der Waals surface area contributed by atoms with Gasteiger partial charge in [-0.05, 0) is 37.1 Å². The van der Waals surface area contributed by atoms with Crippen molar-refractivity contribution >= 4 is 21.4 Å². The van der Waals surface area contributed by atoms with Crippen LogP contribution in [0.2, 0.25) is 0 Å². The second-order valence-corrected chi connectivity index (χ2v) is 8.79. The van der Waals surface area contributed by atoms with Crippen LogP contribution in [0, 0.1) is 0 Å². The molecule has 0 spiro atoms. The highest BCUT2D eigenvalue weighted by molar-refractivity contribution is 7.92. The van der Waals surface area contributed by atoms with Gasteiger partial charge in [0.25, 0.3) is 0 Å². The summed E-state index contributed by atoms with van der Waals surface area (Å²) in [6.45, 7) is 0. The highest BCUT2D eigenvalue weighted by Crippen LogP contribution is 2.26. The van der Waals surface area contributed by atoms with E-state index < -0.39 is 9.84 Å². The number of benzene rings is 1. The molecule has 1 amide bonds. The minimum Gasteiger partial charge on any atom is -0.457 e. The first-order valence-electron chi connectivity index (χ1n) is 8.72. The topological polar surface area (TPSA) is 85.4 Å². The van der Waals surface area contributed by atoms with Gasteiger partial charge in [0, 0.05) is 30.6 Å². The minimum absolute atomic E-state index is 0.0335. The third-order valence-electron chi connectivity index (χ3n) is 4.43. The highest BCUT2D eigenvalue weighted by Gasteiger charge is 2.28. The van der Waals surface area contributed by atoms with E-state index in [4.69, 9.17) is 4.74 Å². The third kappa shape index (κ3) is 5.05. The van der Waals surface area contributed by atoms with E-state index in [-0.39, 0.29) is 23.3 Å². The minimum atomic E-state index is -3.19. The Kier molecular flexibility index (Phi) is 5.88. The van der Waals surface area contributed by atoms with Crippen molar-refractivity contribution in [1.82, 2.24) is 4.98 Å². The van der Waals surface area contributed by atoms with Crippen LogP contribution < -0.4 is 10.1 Å². The molecule has 138 valence electrons. The predicted octanol–water partition coefficient (Wildman–Crippen LogP) is 3.56. The van der Waals surface area contributed by atoms with Crippen molar-refractivity contribution in [3.8, 4) is 11.5 Å². The van der Waals surface area contributed by atoms with Gasteiger partial charge in [0.1, 0.15) is 11.5 Å². The van der Waals surface area contributed by atoms with Gasteiger partial charge in [-0.15, -0.1) is 0 Å². The van der Waals surface area contributed by atoms with E-state index in [1.165, 1.54) is 0 Å². The number of carbonyl (C=O) groups is 1. The van der Waals surface area contributed by atoms with Crippen LogP contribution in [0.25, 0.3) is 0 Å². The van der Waals surface area contributed by atoms with Crippen molar-refractivity contribution in [2.24, 2.45) is 0 Å². The lowest BCUT2D eigenvalue weighted by Gasteiger charge is -2.11. The Labute approximate surface area is 153 Å². The van der Waals surface area contributed by atoms with Gasteiger partial charge in [-0.25, -0.2) is 8.42 Å². The predicted molar refractivity (Wildman–Crippen MR) is 100 cm³/mol. The quantitative estimate of drug-likeness (QED) is 0.801. The van der Waals surface area contributed by atoms with Gasteiger partial charge >= 0.3 is 0 Å². The van der Waals surface area contributed by atoms with Crippen molar-refractivity contribution in [2.45, 2.75) is 37.4 Å². The van der Waals surface area contributed by atoms with Gasteiger partial charge in [0.05, 0.1) is 11.0 Å². The molecule has 1 saturated carbocycles. The summed E-state index contributed by atoms with van der Waals surface area (Å²) in [6.07, 6.45) is 6.59. The van der Waals surface area contributed by atoms with E-state index in [1.54, 1.807) is 48.8 Å². The molecule has 0 unspecified atom stereocenters. The highest BCUT2D eigenvalue weighted by atomic mass is 32.2. The van der Waals surface area contributed by atoms with Crippen molar-refractivity contribution in [3.63, 3.8) is 0 Å².